The molecule has 0 aliphatic rings. The van der Waals surface area contributed by atoms with Crippen LogP contribution in [0.2, 0.25) is 4.34 Å². The van der Waals surface area contributed by atoms with Crippen LogP contribution in [0.5, 0.6) is 0 Å². The highest BCUT2D eigenvalue weighted by Crippen LogP contribution is 2.26. The summed E-state index contributed by atoms with van der Waals surface area (Å²) in [5.74, 6) is 0.362. The van der Waals surface area contributed by atoms with Gasteiger partial charge in [0.15, 0.2) is 5.96 Å². The van der Waals surface area contributed by atoms with Gasteiger partial charge in [-0.1, -0.05) is 18.5 Å². The fourth-order valence-electron chi connectivity index (χ4n) is 1.18. The average Bonchev–Trinajstić information content (AvgIpc) is 2.72. The lowest BCUT2D eigenvalue weighted by molar-refractivity contribution is 0.191. The second-order valence-electron chi connectivity index (χ2n) is 3.84. The molecule has 0 amide bonds. The molecule has 4 nitrogen and oxygen atoms in total. The lowest BCUT2D eigenvalue weighted by Gasteiger charge is -2.12. The first-order chi connectivity index (χ1) is 8.02. The Labute approximate surface area is 111 Å². The van der Waals surface area contributed by atoms with Crippen LogP contribution in [0.4, 0.5) is 0 Å². The molecule has 0 radical (unpaired) electrons. The highest BCUT2D eigenvalue weighted by molar-refractivity contribution is 7.16. The molecule has 1 rings (SSSR count). The number of guanidine groups is 1. The van der Waals surface area contributed by atoms with Gasteiger partial charge in [-0.15, -0.1) is 11.3 Å². The first-order valence-electron chi connectivity index (χ1n) is 5.52. The van der Waals surface area contributed by atoms with Gasteiger partial charge in [0.1, 0.15) is 6.10 Å². The minimum atomic E-state index is -0.648. The third-order valence-corrected chi connectivity index (χ3v) is 3.70. The molecule has 0 aliphatic heterocycles. The molecule has 1 aromatic rings. The molecule has 0 aromatic carbocycles. The summed E-state index contributed by atoms with van der Waals surface area (Å²) in [5.41, 5.74) is 5.69. The maximum absolute atomic E-state index is 9.84. The van der Waals surface area contributed by atoms with E-state index in [1.54, 1.807) is 12.1 Å². The van der Waals surface area contributed by atoms with Crippen molar-refractivity contribution in [2.75, 3.05) is 6.54 Å². The van der Waals surface area contributed by atoms with Crippen LogP contribution in [0.3, 0.4) is 0 Å². The zero-order valence-electron chi connectivity index (χ0n) is 9.98. The van der Waals surface area contributed by atoms with Crippen LogP contribution >= 0.6 is 22.9 Å². The van der Waals surface area contributed by atoms with E-state index in [9.17, 15) is 5.11 Å². The predicted octanol–water partition coefficient (Wildman–Crippen LogP) is 2.14. The molecule has 0 fully saturated rings. The van der Waals surface area contributed by atoms with Crippen molar-refractivity contribution < 1.29 is 5.11 Å². The average molecular weight is 276 g/mol. The Morgan fingerprint density at radius 3 is 2.88 bits per heavy atom. The summed E-state index contributed by atoms with van der Waals surface area (Å²) in [5, 5.41) is 12.9. The van der Waals surface area contributed by atoms with Crippen molar-refractivity contribution in [3.63, 3.8) is 0 Å². The molecule has 0 bridgehead atoms. The Hall–Kier alpha value is -0.780. The number of aliphatic imine (C=N–C) groups is 1. The van der Waals surface area contributed by atoms with Crippen LogP contribution in [0.25, 0.3) is 0 Å². The van der Waals surface area contributed by atoms with Gasteiger partial charge in [0.25, 0.3) is 0 Å². The molecule has 4 N–H and O–H groups in total. The smallest absolute Gasteiger partial charge is 0.188 e. The fourth-order valence-corrected chi connectivity index (χ4v) is 2.22. The molecule has 0 saturated carbocycles. The lowest BCUT2D eigenvalue weighted by Crippen LogP contribution is -2.38. The zero-order valence-corrected chi connectivity index (χ0v) is 11.6. The summed E-state index contributed by atoms with van der Waals surface area (Å²) in [6, 6.07) is 3.84. The standard InChI is InChI=1S/C11H18ClN3OS/c1-3-7(2)15-11(13)14-6-8(16)9-4-5-10(12)17-9/h4-5,7-8,16H,3,6H2,1-2H3,(H3,13,14,15). The molecular weight excluding hydrogens is 258 g/mol. The Balaban J connectivity index is 2.46. The highest BCUT2D eigenvalue weighted by Gasteiger charge is 2.09. The molecule has 0 aliphatic carbocycles. The number of aliphatic hydroxyl groups is 1. The number of nitrogens with zero attached hydrogens (tertiary/aromatic N) is 1. The maximum atomic E-state index is 9.84. The van der Waals surface area contributed by atoms with Crippen molar-refractivity contribution in [2.24, 2.45) is 10.7 Å². The Kier molecular flexibility index (Phi) is 5.74. The molecule has 17 heavy (non-hydrogen) atoms. The van der Waals surface area contributed by atoms with E-state index in [0.29, 0.717) is 10.3 Å². The summed E-state index contributed by atoms with van der Waals surface area (Å²) in [4.78, 5) is 4.90. The van der Waals surface area contributed by atoms with Crippen LogP contribution < -0.4 is 11.1 Å². The first-order valence-corrected chi connectivity index (χ1v) is 6.72. The van der Waals surface area contributed by atoms with Crippen LogP contribution in [0, 0.1) is 0 Å². The molecular formula is C11H18ClN3OS. The van der Waals surface area contributed by atoms with Crippen molar-refractivity contribution in [3.05, 3.63) is 21.3 Å². The summed E-state index contributed by atoms with van der Waals surface area (Å²) >= 11 is 7.14. The molecule has 1 aromatic heterocycles. The van der Waals surface area contributed by atoms with Gasteiger partial charge in [-0.25, -0.2) is 0 Å². The summed E-state index contributed by atoms with van der Waals surface area (Å²) in [6.45, 7) is 4.33. The van der Waals surface area contributed by atoms with E-state index in [2.05, 4.69) is 17.2 Å². The van der Waals surface area contributed by atoms with Crippen LogP contribution in [-0.4, -0.2) is 23.7 Å². The topological polar surface area (TPSA) is 70.6 Å². The van der Waals surface area contributed by atoms with Crippen LogP contribution in [0.1, 0.15) is 31.2 Å². The van der Waals surface area contributed by atoms with Crippen molar-refractivity contribution in [2.45, 2.75) is 32.4 Å². The highest BCUT2D eigenvalue weighted by atomic mass is 35.5. The minimum Gasteiger partial charge on any atom is -0.386 e. The number of hydrogen-bond acceptors (Lipinski definition) is 3. The zero-order chi connectivity index (χ0) is 12.8. The van der Waals surface area contributed by atoms with E-state index in [0.717, 1.165) is 11.3 Å². The maximum Gasteiger partial charge on any atom is 0.188 e. The van der Waals surface area contributed by atoms with E-state index in [-0.39, 0.29) is 12.6 Å². The molecule has 0 spiro atoms. The van der Waals surface area contributed by atoms with Gasteiger partial charge in [0.05, 0.1) is 10.9 Å². The van der Waals surface area contributed by atoms with Gasteiger partial charge in [0, 0.05) is 10.9 Å². The number of hydrogen-bond donors (Lipinski definition) is 3. The van der Waals surface area contributed by atoms with Crippen LogP contribution in [0.15, 0.2) is 17.1 Å². The number of nitrogens with one attached hydrogen (secondary N) is 1. The SMILES string of the molecule is CCC(C)NC(N)=NCC(O)c1ccc(Cl)s1. The van der Waals surface area contributed by atoms with E-state index in [4.69, 9.17) is 17.3 Å². The number of halogens is 1. The molecule has 0 saturated heterocycles. The van der Waals surface area contributed by atoms with E-state index < -0.39 is 6.10 Å². The third kappa shape index (κ3) is 4.93. The van der Waals surface area contributed by atoms with Crippen LogP contribution in [-0.2, 0) is 0 Å². The normalized spacial score (nSPS) is 15.6. The second kappa shape index (κ2) is 6.83. The fraction of sp³-hybridized carbons (Fsp3) is 0.545. The van der Waals surface area contributed by atoms with Gasteiger partial charge < -0.3 is 16.2 Å². The van der Waals surface area contributed by atoms with E-state index >= 15 is 0 Å². The summed E-state index contributed by atoms with van der Waals surface area (Å²) < 4.78 is 0.661. The Morgan fingerprint density at radius 1 is 1.65 bits per heavy atom. The van der Waals surface area contributed by atoms with Crippen molar-refractivity contribution >= 4 is 28.9 Å². The largest absolute Gasteiger partial charge is 0.386 e. The first kappa shape index (κ1) is 14.3. The molecule has 6 heteroatoms. The Bertz CT molecular complexity index is 381. The van der Waals surface area contributed by atoms with Gasteiger partial charge in [-0.3, -0.25) is 4.99 Å². The lowest BCUT2D eigenvalue weighted by atomic mass is 10.3. The number of rotatable bonds is 5. The van der Waals surface area contributed by atoms with Crippen molar-refractivity contribution in [3.8, 4) is 0 Å². The second-order valence-corrected chi connectivity index (χ2v) is 5.58. The Morgan fingerprint density at radius 2 is 2.35 bits per heavy atom. The van der Waals surface area contributed by atoms with Crippen molar-refractivity contribution in [1.29, 1.82) is 0 Å². The number of aliphatic hydroxyl groups excluding tert-OH is 1. The van der Waals surface area contributed by atoms with Gasteiger partial charge in [-0.2, -0.15) is 0 Å². The minimum absolute atomic E-state index is 0.242. The number of thiophene rings is 1. The number of nitrogens with two attached hydrogens (primary N) is 1. The monoisotopic (exact) mass is 275 g/mol. The predicted molar refractivity (Wildman–Crippen MR) is 73.7 cm³/mol. The van der Waals surface area contributed by atoms with Gasteiger partial charge >= 0.3 is 0 Å². The molecule has 2 atom stereocenters. The van der Waals surface area contributed by atoms with Gasteiger partial charge in [0.2, 0.25) is 0 Å². The third-order valence-electron chi connectivity index (χ3n) is 2.36. The van der Waals surface area contributed by atoms with Gasteiger partial charge in [-0.05, 0) is 25.5 Å². The van der Waals surface area contributed by atoms with E-state index in [1.807, 2.05) is 6.92 Å². The molecule has 96 valence electrons. The summed E-state index contributed by atoms with van der Waals surface area (Å²) in [7, 11) is 0. The molecule has 1 heterocycles. The quantitative estimate of drug-likeness (QED) is 0.570. The van der Waals surface area contributed by atoms with E-state index in [1.165, 1.54) is 11.3 Å². The van der Waals surface area contributed by atoms with Crippen molar-refractivity contribution in [1.82, 2.24) is 5.32 Å². The molecule has 2 unspecified atom stereocenters. The summed E-state index contributed by atoms with van der Waals surface area (Å²) in [6.07, 6.45) is 0.323.